The van der Waals surface area contributed by atoms with Gasteiger partial charge in [-0.2, -0.15) is 0 Å². The van der Waals surface area contributed by atoms with Gasteiger partial charge in [0, 0.05) is 11.6 Å². The van der Waals surface area contributed by atoms with Crippen molar-refractivity contribution in [1.82, 2.24) is 0 Å². The SMILES string of the molecule is COc1cc(C)c(-c2cc(C(C)N)ccc2F)cc1C. The molecule has 0 fully saturated rings. The Morgan fingerprint density at radius 3 is 2.35 bits per heavy atom. The summed E-state index contributed by atoms with van der Waals surface area (Å²) in [6.07, 6.45) is 0. The van der Waals surface area contributed by atoms with Crippen LogP contribution in [0.1, 0.15) is 29.7 Å². The summed E-state index contributed by atoms with van der Waals surface area (Å²) in [5, 5.41) is 0. The summed E-state index contributed by atoms with van der Waals surface area (Å²) < 4.78 is 19.4. The molecule has 106 valence electrons. The molecule has 0 amide bonds. The lowest BCUT2D eigenvalue weighted by Gasteiger charge is -2.14. The van der Waals surface area contributed by atoms with E-state index in [0.717, 1.165) is 28.0 Å². The number of hydrogen-bond acceptors (Lipinski definition) is 2. The van der Waals surface area contributed by atoms with E-state index >= 15 is 0 Å². The molecule has 0 radical (unpaired) electrons. The average molecular weight is 273 g/mol. The number of benzene rings is 2. The molecule has 2 aromatic rings. The second kappa shape index (κ2) is 5.63. The van der Waals surface area contributed by atoms with E-state index in [0.29, 0.717) is 5.56 Å². The molecule has 1 atom stereocenters. The first-order valence-corrected chi connectivity index (χ1v) is 6.64. The zero-order valence-corrected chi connectivity index (χ0v) is 12.3. The Hall–Kier alpha value is -1.87. The van der Waals surface area contributed by atoms with E-state index in [4.69, 9.17) is 10.5 Å². The van der Waals surface area contributed by atoms with E-state index in [1.807, 2.05) is 39.0 Å². The first kappa shape index (κ1) is 14.5. The summed E-state index contributed by atoms with van der Waals surface area (Å²) in [7, 11) is 1.64. The molecule has 0 aliphatic carbocycles. The third-order valence-electron chi connectivity index (χ3n) is 3.55. The Kier molecular flexibility index (Phi) is 4.09. The number of ether oxygens (including phenoxy) is 1. The smallest absolute Gasteiger partial charge is 0.131 e. The highest BCUT2D eigenvalue weighted by atomic mass is 19.1. The second-order valence-corrected chi connectivity index (χ2v) is 5.16. The van der Waals surface area contributed by atoms with Crippen molar-refractivity contribution >= 4 is 0 Å². The van der Waals surface area contributed by atoms with Gasteiger partial charge in [0.2, 0.25) is 0 Å². The molecule has 2 aromatic carbocycles. The minimum absolute atomic E-state index is 0.117. The Morgan fingerprint density at radius 1 is 1.05 bits per heavy atom. The minimum atomic E-state index is -0.234. The summed E-state index contributed by atoms with van der Waals surface area (Å²) in [6, 6.07) is 8.81. The van der Waals surface area contributed by atoms with Gasteiger partial charge in [-0.05, 0) is 67.3 Å². The molecule has 2 N–H and O–H groups in total. The number of halogens is 1. The van der Waals surface area contributed by atoms with E-state index in [9.17, 15) is 4.39 Å². The first-order valence-electron chi connectivity index (χ1n) is 6.64. The van der Waals surface area contributed by atoms with Crippen molar-refractivity contribution in [3.8, 4) is 16.9 Å². The largest absolute Gasteiger partial charge is 0.496 e. The van der Waals surface area contributed by atoms with Gasteiger partial charge >= 0.3 is 0 Å². The molecule has 0 saturated heterocycles. The summed E-state index contributed by atoms with van der Waals surface area (Å²) in [6.45, 7) is 5.80. The zero-order chi connectivity index (χ0) is 14.9. The van der Waals surface area contributed by atoms with E-state index in [-0.39, 0.29) is 11.9 Å². The second-order valence-electron chi connectivity index (χ2n) is 5.16. The topological polar surface area (TPSA) is 35.2 Å². The van der Waals surface area contributed by atoms with Crippen LogP contribution in [0, 0.1) is 19.7 Å². The van der Waals surface area contributed by atoms with Crippen molar-refractivity contribution in [1.29, 1.82) is 0 Å². The van der Waals surface area contributed by atoms with E-state index < -0.39 is 0 Å². The first-order chi connectivity index (χ1) is 9.43. The maximum Gasteiger partial charge on any atom is 0.131 e. The zero-order valence-electron chi connectivity index (χ0n) is 12.3. The highest BCUT2D eigenvalue weighted by molar-refractivity contribution is 5.70. The predicted octanol–water partition coefficient (Wildman–Crippen LogP) is 4.14. The van der Waals surface area contributed by atoms with E-state index in [1.165, 1.54) is 6.07 Å². The van der Waals surface area contributed by atoms with Gasteiger partial charge < -0.3 is 10.5 Å². The third kappa shape index (κ3) is 2.68. The van der Waals surface area contributed by atoms with Gasteiger partial charge in [-0.25, -0.2) is 4.39 Å². The van der Waals surface area contributed by atoms with Gasteiger partial charge in [0.25, 0.3) is 0 Å². The standard InChI is InChI=1S/C17H20FNO/c1-10-8-17(20-4)11(2)7-14(10)15-9-13(12(3)19)5-6-16(15)18/h5-9,12H,19H2,1-4H3. The molecule has 0 heterocycles. The van der Waals surface area contributed by atoms with Gasteiger partial charge in [0.05, 0.1) is 7.11 Å². The Balaban J connectivity index is 2.62. The number of hydrogen-bond donors (Lipinski definition) is 1. The Labute approximate surface area is 119 Å². The normalized spacial score (nSPS) is 12.3. The molecule has 0 aliphatic rings. The number of rotatable bonds is 3. The molecule has 0 aliphatic heterocycles. The van der Waals surface area contributed by atoms with Crippen LogP contribution in [0.25, 0.3) is 11.1 Å². The van der Waals surface area contributed by atoms with Crippen LogP contribution < -0.4 is 10.5 Å². The van der Waals surface area contributed by atoms with Gasteiger partial charge in [-0.1, -0.05) is 6.07 Å². The van der Waals surface area contributed by atoms with Crippen LogP contribution >= 0.6 is 0 Å². The number of nitrogens with two attached hydrogens (primary N) is 1. The minimum Gasteiger partial charge on any atom is -0.496 e. The fourth-order valence-electron chi connectivity index (χ4n) is 2.33. The lowest BCUT2D eigenvalue weighted by Crippen LogP contribution is -2.05. The highest BCUT2D eigenvalue weighted by Crippen LogP contribution is 2.32. The quantitative estimate of drug-likeness (QED) is 0.912. The van der Waals surface area contributed by atoms with Crippen molar-refractivity contribution in [2.24, 2.45) is 5.73 Å². The van der Waals surface area contributed by atoms with Crippen LogP contribution in [0.2, 0.25) is 0 Å². The van der Waals surface area contributed by atoms with Crippen LogP contribution in [-0.2, 0) is 0 Å². The van der Waals surface area contributed by atoms with Crippen LogP contribution in [-0.4, -0.2) is 7.11 Å². The van der Waals surface area contributed by atoms with Crippen LogP contribution in [0.3, 0.4) is 0 Å². The molecule has 0 spiro atoms. The summed E-state index contributed by atoms with van der Waals surface area (Å²) >= 11 is 0. The summed E-state index contributed by atoms with van der Waals surface area (Å²) in [5.41, 5.74) is 10.2. The van der Waals surface area contributed by atoms with Gasteiger partial charge in [0.15, 0.2) is 0 Å². The number of aryl methyl sites for hydroxylation is 2. The molecule has 0 aromatic heterocycles. The molecule has 0 bridgehead atoms. The lowest BCUT2D eigenvalue weighted by molar-refractivity contribution is 0.411. The van der Waals surface area contributed by atoms with Gasteiger partial charge in [-0.15, -0.1) is 0 Å². The average Bonchev–Trinajstić information content (AvgIpc) is 2.41. The highest BCUT2D eigenvalue weighted by Gasteiger charge is 2.12. The summed E-state index contributed by atoms with van der Waals surface area (Å²) in [5.74, 6) is 0.581. The molecule has 3 heteroatoms. The van der Waals surface area contributed by atoms with Gasteiger partial charge in [0.1, 0.15) is 11.6 Å². The molecule has 2 rings (SSSR count). The molecular formula is C17H20FNO. The predicted molar refractivity (Wildman–Crippen MR) is 80.5 cm³/mol. The fraction of sp³-hybridized carbons (Fsp3) is 0.294. The number of methoxy groups -OCH3 is 1. The van der Waals surface area contributed by atoms with Crippen LogP contribution in [0.4, 0.5) is 4.39 Å². The third-order valence-corrected chi connectivity index (χ3v) is 3.55. The molecule has 20 heavy (non-hydrogen) atoms. The van der Waals surface area contributed by atoms with Crippen molar-refractivity contribution in [2.75, 3.05) is 7.11 Å². The molecular weight excluding hydrogens is 253 g/mol. The Morgan fingerprint density at radius 2 is 1.75 bits per heavy atom. The monoisotopic (exact) mass is 273 g/mol. The maximum atomic E-state index is 14.1. The van der Waals surface area contributed by atoms with Crippen molar-refractivity contribution in [3.63, 3.8) is 0 Å². The van der Waals surface area contributed by atoms with Crippen molar-refractivity contribution in [3.05, 3.63) is 52.8 Å². The summed E-state index contributed by atoms with van der Waals surface area (Å²) in [4.78, 5) is 0. The lowest BCUT2D eigenvalue weighted by atomic mass is 9.95. The van der Waals surface area contributed by atoms with Crippen LogP contribution in [0.5, 0.6) is 5.75 Å². The van der Waals surface area contributed by atoms with Crippen molar-refractivity contribution < 1.29 is 9.13 Å². The Bertz CT molecular complexity index is 635. The molecule has 2 nitrogen and oxygen atoms in total. The molecule has 0 saturated carbocycles. The van der Waals surface area contributed by atoms with Gasteiger partial charge in [-0.3, -0.25) is 0 Å². The van der Waals surface area contributed by atoms with Crippen LogP contribution in [0.15, 0.2) is 30.3 Å². The maximum absolute atomic E-state index is 14.1. The van der Waals surface area contributed by atoms with Crippen molar-refractivity contribution in [2.45, 2.75) is 26.8 Å². The van der Waals surface area contributed by atoms with E-state index in [1.54, 1.807) is 13.2 Å². The van der Waals surface area contributed by atoms with E-state index in [2.05, 4.69) is 0 Å². The fourth-order valence-corrected chi connectivity index (χ4v) is 2.33. The molecule has 1 unspecified atom stereocenters.